The van der Waals surface area contributed by atoms with E-state index in [-0.39, 0.29) is 15.5 Å². The standard InChI is InChI=1S/C13H13ClN2O4S2/c1-9-2-5-11(8-13(9)21(15,17)18)16-22(19,20)12-6-3-10(14)4-7-12/h2-8,16H,1H3,(H2,15,17,18). The first-order valence-corrected chi connectivity index (χ1v) is 9.42. The third-order valence-electron chi connectivity index (χ3n) is 2.87. The summed E-state index contributed by atoms with van der Waals surface area (Å²) >= 11 is 5.71. The SMILES string of the molecule is Cc1ccc(NS(=O)(=O)c2ccc(Cl)cc2)cc1S(N)(=O)=O. The molecule has 2 aromatic carbocycles. The zero-order valence-corrected chi connectivity index (χ0v) is 13.8. The van der Waals surface area contributed by atoms with Crippen LogP contribution >= 0.6 is 11.6 Å². The van der Waals surface area contributed by atoms with Crippen molar-refractivity contribution in [3.8, 4) is 0 Å². The van der Waals surface area contributed by atoms with Crippen molar-refractivity contribution in [3.63, 3.8) is 0 Å². The van der Waals surface area contributed by atoms with E-state index in [1.165, 1.54) is 42.5 Å². The second-order valence-electron chi connectivity index (χ2n) is 4.58. The van der Waals surface area contributed by atoms with E-state index in [4.69, 9.17) is 16.7 Å². The summed E-state index contributed by atoms with van der Waals surface area (Å²) in [4.78, 5) is -0.126. The Hall–Kier alpha value is -1.61. The van der Waals surface area contributed by atoms with Crippen molar-refractivity contribution in [2.75, 3.05) is 4.72 Å². The number of sulfonamides is 2. The molecule has 0 aliphatic rings. The van der Waals surface area contributed by atoms with Crippen LogP contribution in [0.15, 0.2) is 52.3 Å². The molecule has 0 bridgehead atoms. The Morgan fingerprint density at radius 2 is 1.59 bits per heavy atom. The number of nitrogens with one attached hydrogen (secondary N) is 1. The minimum atomic E-state index is -3.93. The first-order chi connectivity index (χ1) is 10.1. The minimum absolute atomic E-state index is 0.00892. The molecule has 0 aromatic heterocycles. The molecule has 0 atom stereocenters. The third-order valence-corrected chi connectivity index (χ3v) is 5.57. The minimum Gasteiger partial charge on any atom is -0.280 e. The maximum atomic E-state index is 12.2. The number of halogens is 1. The van der Waals surface area contributed by atoms with Crippen molar-refractivity contribution in [2.24, 2.45) is 5.14 Å². The first-order valence-electron chi connectivity index (χ1n) is 6.01. The van der Waals surface area contributed by atoms with Gasteiger partial charge in [-0.05, 0) is 48.9 Å². The Morgan fingerprint density at radius 1 is 1.00 bits per heavy atom. The van der Waals surface area contributed by atoms with Crippen LogP contribution < -0.4 is 9.86 Å². The number of primary sulfonamides is 1. The Balaban J connectivity index is 2.40. The molecule has 0 saturated carbocycles. The Labute approximate surface area is 134 Å². The van der Waals surface area contributed by atoms with Crippen molar-refractivity contribution in [1.82, 2.24) is 0 Å². The summed E-state index contributed by atoms with van der Waals surface area (Å²) in [5.74, 6) is 0. The van der Waals surface area contributed by atoms with Crippen LogP contribution in [0.5, 0.6) is 0 Å². The van der Waals surface area contributed by atoms with Crippen molar-refractivity contribution in [1.29, 1.82) is 0 Å². The Morgan fingerprint density at radius 3 is 2.14 bits per heavy atom. The predicted octanol–water partition coefficient (Wildman–Crippen LogP) is 2.10. The summed E-state index contributed by atoms with van der Waals surface area (Å²) in [5.41, 5.74) is 0.529. The lowest BCUT2D eigenvalue weighted by Gasteiger charge is -2.10. The highest BCUT2D eigenvalue weighted by Crippen LogP contribution is 2.22. The van der Waals surface area contributed by atoms with E-state index >= 15 is 0 Å². The molecule has 2 aromatic rings. The number of aryl methyl sites for hydroxylation is 1. The second-order valence-corrected chi connectivity index (χ2v) is 8.23. The fourth-order valence-electron chi connectivity index (χ4n) is 1.80. The maximum Gasteiger partial charge on any atom is 0.261 e. The summed E-state index contributed by atoms with van der Waals surface area (Å²) in [6.45, 7) is 1.57. The van der Waals surface area contributed by atoms with Gasteiger partial charge >= 0.3 is 0 Å². The van der Waals surface area contributed by atoms with Crippen LogP contribution in [0.25, 0.3) is 0 Å². The summed E-state index contributed by atoms with van der Waals surface area (Å²) in [7, 11) is -7.78. The van der Waals surface area contributed by atoms with Crippen LogP contribution in [0.1, 0.15) is 5.56 Å². The summed E-state index contributed by atoms with van der Waals surface area (Å²) in [6, 6.07) is 9.69. The molecular formula is C13H13ClN2O4S2. The summed E-state index contributed by atoms with van der Waals surface area (Å²) in [5, 5.41) is 5.51. The van der Waals surface area contributed by atoms with E-state index in [1.807, 2.05) is 0 Å². The van der Waals surface area contributed by atoms with Crippen LogP contribution in [-0.4, -0.2) is 16.8 Å². The summed E-state index contributed by atoms with van der Waals surface area (Å²) < 4.78 is 49.7. The molecule has 0 spiro atoms. The molecule has 118 valence electrons. The molecule has 0 radical (unpaired) electrons. The van der Waals surface area contributed by atoms with Gasteiger partial charge in [0.2, 0.25) is 10.0 Å². The molecule has 0 heterocycles. The fraction of sp³-hybridized carbons (Fsp3) is 0.0769. The maximum absolute atomic E-state index is 12.2. The third kappa shape index (κ3) is 3.77. The molecule has 0 unspecified atom stereocenters. The van der Waals surface area contributed by atoms with Gasteiger partial charge in [-0.2, -0.15) is 0 Å². The molecule has 0 aliphatic carbocycles. The van der Waals surface area contributed by atoms with Gasteiger partial charge in [-0.25, -0.2) is 22.0 Å². The topological polar surface area (TPSA) is 106 Å². The summed E-state index contributed by atoms with van der Waals surface area (Å²) in [6.07, 6.45) is 0. The van der Waals surface area contributed by atoms with Gasteiger partial charge in [0.05, 0.1) is 15.5 Å². The van der Waals surface area contributed by atoms with Gasteiger partial charge in [-0.1, -0.05) is 17.7 Å². The molecule has 0 amide bonds. The smallest absolute Gasteiger partial charge is 0.261 e. The lowest BCUT2D eigenvalue weighted by atomic mass is 10.2. The molecule has 0 saturated heterocycles. The van der Waals surface area contributed by atoms with Gasteiger partial charge in [-0.15, -0.1) is 0 Å². The van der Waals surface area contributed by atoms with Crippen molar-refractivity contribution >= 4 is 37.3 Å². The van der Waals surface area contributed by atoms with Crippen LogP contribution in [0.4, 0.5) is 5.69 Å². The van der Waals surface area contributed by atoms with E-state index in [0.29, 0.717) is 10.6 Å². The first kappa shape index (κ1) is 16.8. The van der Waals surface area contributed by atoms with Crippen LogP contribution in [-0.2, 0) is 20.0 Å². The van der Waals surface area contributed by atoms with Crippen LogP contribution in [0, 0.1) is 6.92 Å². The average molecular weight is 361 g/mol. The van der Waals surface area contributed by atoms with Gasteiger partial charge < -0.3 is 0 Å². The molecule has 0 fully saturated rings. The molecule has 0 aliphatic heterocycles. The van der Waals surface area contributed by atoms with E-state index in [2.05, 4.69) is 4.72 Å². The van der Waals surface area contributed by atoms with Gasteiger partial charge in [0.1, 0.15) is 0 Å². The molecule has 2 rings (SSSR count). The quantitative estimate of drug-likeness (QED) is 0.870. The number of rotatable bonds is 4. The average Bonchev–Trinajstić information content (AvgIpc) is 2.40. The molecule has 22 heavy (non-hydrogen) atoms. The molecule has 9 heteroatoms. The highest BCUT2D eigenvalue weighted by molar-refractivity contribution is 7.92. The number of benzene rings is 2. The zero-order valence-electron chi connectivity index (χ0n) is 11.4. The van der Waals surface area contributed by atoms with Crippen molar-refractivity contribution < 1.29 is 16.8 Å². The monoisotopic (exact) mass is 360 g/mol. The second kappa shape index (κ2) is 5.88. The normalized spacial score (nSPS) is 12.1. The predicted molar refractivity (Wildman–Crippen MR) is 84.8 cm³/mol. The van der Waals surface area contributed by atoms with E-state index in [1.54, 1.807) is 6.92 Å². The molecule has 3 N–H and O–H groups in total. The van der Waals surface area contributed by atoms with Crippen LogP contribution in [0.2, 0.25) is 5.02 Å². The highest BCUT2D eigenvalue weighted by Gasteiger charge is 2.17. The largest absolute Gasteiger partial charge is 0.280 e. The lowest BCUT2D eigenvalue weighted by molar-refractivity contribution is 0.596. The highest BCUT2D eigenvalue weighted by atomic mass is 35.5. The lowest BCUT2D eigenvalue weighted by Crippen LogP contribution is -2.16. The van der Waals surface area contributed by atoms with Gasteiger partial charge in [0.25, 0.3) is 10.0 Å². The number of anilines is 1. The van der Waals surface area contributed by atoms with Crippen molar-refractivity contribution in [3.05, 3.63) is 53.1 Å². The Bertz CT molecular complexity index is 908. The van der Waals surface area contributed by atoms with Crippen molar-refractivity contribution in [2.45, 2.75) is 16.7 Å². The number of hydrogen-bond donors (Lipinski definition) is 2. The fourth-order valence-corrected chi connectivity index (χ4v) is 3.78. The Kier molecular flexibility index (Phi) is 4.48. The number of hydrogen-bond acceptors (Lipinski definition) is 4. The van der Waals surface area contributed by atoms with E-state index in [0.717, 1.165) is 0 Å². The zero-order chi connectivity index (χ0) is 16.5. The van der Waals surface area contributed by atoms with Gasteiger partial charge in [0, 0.05) is 5.02 Å². The molecular weight excluding hydrogens is 348 g/mol. The molecule has 6 nitrogen and oxygen atoms in total. The van der Waals surface area contributed by atoms with Gasteiger partial charge in [0.15, 0.2) is 0 Å². The van der Waals surface area contributed by atoms with Gasteiger partial charge in [-0.3, -0.25) is 4.72 Å². The van der Waals surface area contributed by atoms with E-state index < -0.39 is 20.0 Å². The van der Waals surface area contributed by atoms with E-state index in [9.17, 15) is 16.8 Å². The van der Waals surface area contributed by atoms with Crippen LogP contribution in [0.3, 0.4) is 0 Å². The number of nitrogens with two attached hydrogens (primary N) is 1.